The van der Waals surface area contributed by atoms with Crippen LogP contribution in [-0.4, -0.2) is 41.9 Å². The van der Waals surface area contributed by atoms with E-state index >= 15 is 0 Å². The standard InChI is InChI=1S/C12H21N3O4/c1-12(2,3)18-11(17)15-6-4-8(5-7-15)9-13-10(16)19-14-9/h8-9,14H,4-7H2,1-3H3,(H,13,16). The molecule has 0 spiro atoms. The van der Waals surface area contributed by atoms with E-state index in [1.165, 1.54) is 0 Å². The number of hydrogen-bond acceptors (Lipinski definition) is 5. The van der Waals surface area contributed by atoms with Crippen molar-refractivity contribution in [2.24, 2.45) is 5.92 Å². The molecule has 0 saturated carbocycles. The average Bonchev–Trinajstić information content (AvgIpc) is 2.74. The van der Waals surface area contributed by atoms with Crippen LogP contribution in [-0.2, 0) is 9.57 Å². The number of carbonyl (C=O) groups excluding carboxylic acids is 2. The lowest BCUT2D eigenvalue weighted by Gasteiger charge is -2.34. The van der Waals surface area contributed by atoms with Crippen molar-refractivity contribution in [2.75, 3.05) is 13.1 Å². The van der Waals surface area contributed by atoms with Gasteiger partial charge in [-0.05, 0) is 39.5 Å². The number of hydroxylamine groups is 1. The molecule has 2 saturated heterocycles. The van der Waals surface area contributed by atoms with Crippen molar-refractivity contribution in [1.29, 1.82) is 0 Å². The smallest absolute Gasteiger partial charge is 0.427 e. The van der Waals surface area contributed by atoms with Crippen LogP contribution in [0.2, 0.25) is 0 Å². The van der Waals surface area contributed by atoms with Gasteiger partial charge in [-0.15, -0.1) is 5.48 Å². The Morgan fingerprint density at radius 2 is 2.00 bits per heavy atom. The summed E-state index contributed by atoms with van der Waals surface area (Å²) in [5.74, 6) is 0.269. The van der Waals surface area contributed by atoms with E-state index in [-0.39, 0.29) is 18.2 Å². The molecule has 0 aromatic heterocycles. The van der Waals surface area contributed by atoms with Gasteiger partial charge >= 0.3 is 12.2 Å². The van der Waals surface area contributed by atoms with E-state index in [0.717, 1.165) is 12.8 Å². The number of rotatable bonds is 1. The number of hydrogen-bond donors (Lipinski definition) is 2. The maximum atomic E-state index is 11.9. The van der Waals surface area contributed by atoms with Crippen molar-refractivity contribution >= 4 is 12.2 Å². The summed E-state index contributed by atoms with van der Waals surface area (Å²) in [5, 5.41) is 2.70. The largest absolute Gasteiger partial charge is 0.444 e. The molecule has 0 aromatic rings. The van der Waals surface area contributed by atoms with Gasteiger partial charge in [0.1, 0.15) is 11.8 Å². The molecule has 2 heterocycles. The lowest BCUT2D eigenvalue weighted by atomic mass is 9.94. The topological polar surface area (TPSA) is 79.9 Å². The third-order valence-corrected chi connectivity index (χ3v) is 3.21. The molecule has 2 fully saturated rings. The lowest BCUT2D eigenvalue weighted by molar-refractivity contribution is 0.0151. The fourth-order valence-corrected chi connectivity index (χ4v) is 2.26. The summed E-state index contributed by atoms with van der Waals surface area (Å²) >= 11 is 0. The predicted octanol–water partition coefficient (Wildman–Crippen LogP) is 1.20. The van der Waals surface area contributed by atoms with E-state index in [1.54, 1.807) is 4.90 Å². The molecule has 108 valence electrons. The normalized spacial score (nSPS) is 24.9. The summed E-state index contributed by atoms with van der Waals surface area (Å²) in [6.45, 7) is 6.83. The molecule has 0 bridgehead atoms. The van der Waals surface area contributed by atoms with Crippen molar-refractivity contribution < 1.29 is 19.2 Å². The molecule has 0 aromatic carbocycles. The Hall–Kier alpha value is -1.50. The number of carbonyl (C=O) groups is 2. The van der Waals surface area contributed by atoms with Gasteiger partial charge in [0, 0.05) is 13.1 Å². The second-order valence-corrected chi connectivity index (χ2v) is 5.93. The first kappa shape index (κ1) is 13.9. The Bertz CT molecular complexity index is 358. The van der Waals surface area contributed by atoms with Crippen LogP contribution in [0, 0.1) is 5.92 Å². The minimum absolute atomic E-state index is 0.159. The van der Waals surface area contributed by atoms with Crippen molar-refractivity contribution in [3.8, 4) is 0 Å². The highest BCUT2D eigenvalue weighted by atomic mass is 16.7. The van der Waals surface area contributed by atoms with E-state index in [1.807, 2.05) is 20.8 Å². The maximum absolute atomic E-state index is 11.9. The Morgan fingerprint density at radius 3 is 2.47 bits per heavy atom. The number of nitrogens with zero attached hydrogens (tertiary/aromatic N) is 1. The van der Waals surface area contributed by atoms with Gasteiger partial charge in [0.15, 0.2) is 0 Å². The van der Waals surface area contributed by atoms with Crippen LogP contribution in [0.1, 0.15) is 33.6 Å². The molecule has 1 atom stereocenters. The molecule has 1 unspecified atom stereocenters. The Labute approximate surface area is 112 Å². The summed E-state index contributed by atoms with van der Waals surface area (Å²) in [6.07, 6.45) is 0.736. The molecule has 2 rings (SSSR count). The number of amides is 2. The zero-order valence-corrected chi connectivity index (χ0v) is 11.6. The second kappa shape index (κ2) is 5.24. The first-order valence-corrected chi connectivity index (χ1v) is 6.56. The molecule has 7 nitrogen and oxygen atoms in total. The predicted molar refractivity (Wildman–Crippen MR) is 67.1 cm³/mol. The van der Waals surface area contributed by atoms with Crippen molar-refractivity contribution in [2.45, 2.75) is 45.4 Å². The van der Waals surface area contributed by atoms with Gasteiger partial charge in [-0.3, -0.25) is 0 Å². The maximum Gasteiger partial charge on any atom is 0.427 e. The zero-order valence-electron chi connectivity index (χ0n) is 11.6. The summed E-state index contributed by atoms with van der Waals surface area (Å²) in [4.78, 5) is 29.2. The third-order valence-electron chi connectivity index (χ3n) is 3.21. The van der Waals surface area contributed by atoms with Gasteiger partial charge in [-0.2, -0.15) is 0 Å². The summed E-state index contributed by atoms with van der Waals surface area (Å²) in [6, 6.07) is 0. The van der Waals surface area contributed by atoms with E-state index in [4.69, 9.17) is 4.74 Å². The number of ether oxygens (including phenoxy) is 1. The fourth-order valence-electron chi connectivity index (χ4n) is 2.26. The number of piperidine rings is 1. The summed E-state index contributed by atoms with van der Waals surface area (Å²) in [5.41, 5.74) is 2.19. The summed E-state index contributed by atoms with van der Waals surface area (Å²) in [7, 11) is 0. The molecular formula is C12H21N3O4. The molecular weight excluding hydrogens is 250 g/mol. The van der Waals surface area contributed by atoms with Crippen LogP contribution in [0.3, 0.4) is 0 Å². The Balaban J connectivity index is 1.79. The summed E-state index contributed by atoms with van der Waals surface area (Å²) < 4.78 is 5.33. The van der Waals surface area contributed by atoms with Gasteiger partial charge < -0.3 is 19.8 Å². The van der Waals surface area contributed by atoms with Crippen LogP contribution in [0.25, 0.3) is 0 Å². The van der Waals surface area contributed by atoms with Gasteiger partial charge in [-0.1, -0.05) is 0 Å². The van der Waals surface area contributed by atoms with Crippen LogP contribution >= 0.6 is 0 Å². The second-order valence-electron chi connectivity index (χ2n) is 5.93. The average molecular weight is 271 g/mol. The lowest BCUT2D eigenvalue weighted by Crippen LogP contribution is -2.48. The minimum Gasteiger partial charge on any atom is -0.444 e. The van der Waals surface area contributed by atoms with Crippen LogP contribution < -0.4 is 10.8 Å². The van der Waals surface area contributed by atoms with E-state index in [0.29, 0.717) is 13.1 Å². The van der Waals surface area contributed by atoms with Crippen molar-refractivity contribution in [3.05, 3.63) is 0 Å². The van der Waals surface area contributed by atoms with E-state index in [9.17, 15) is 9.59 Å². The highest BCUT2D eigenvalue weighted by Crippen LogP contribution is 2.22. The minimum atomic E-state index is -0.469. The molecule has 2 amide bonds. The van der Waals surface area contributed by atoms with Crippen LogP contribution in [0.4, 0.5) is 9.59 Å². The van der Waals surface area contributed by atoms with Crippen LogP contribution in [0.15, 0.2) is 0 Å². The first-order valence-electron chi connectivity index (χ1n) is 6.56. The highest BCUT2D eigenvalue weighted by Gasteiger charge is 2.34. The van der Waals surface area contributed by atoms with Gasteiger partial charge in [-0.25, -0.2) is 9.59 Å². The number of nitrogens with one attached hydrogen (secondary N) is 2. The molecule has 7 heteroatoms. The zero-order chi connectivity index (χ0) is 14.0. The monoisotopic (exact) mass is 271 g/mol. The molecule has 2 aliphatic rings. The third kappa shape index (κ3) is 3.73. The first-order chi connectivity index (χ1) is 8.85. The van der Waals surface area contributed by atoms with Crippen LogP contribution in [0.5, 0.6) is 0 Å². The molecule has 0 radical (unpaired) electrons. The van der Waals surface area contributed by atoms with Gasteiger partial charge in [0.2, 0.25) is 0 Å². The SMILES string of the molecule is CC(C)(C)OC(=O)N1CCC(C2NOC(=O)N2)CC1. The Kier molecular flexibility index (Phi) is 3.84. The quantitative estimate of drug-likeness (QED) is 0.749. The molecule has 2 aliphatic heterocycles. The number of likely N-dealkylation sites (tertiary alicyclic amines) is 1. The highest BCUT2D eigenvalue weighted by molar-refractivity contribution is 5.69. The van der Waals surface area contributed by atoms with E-state index < -0.39 is 11.7 Å². The van der Waals surface area contributed by atoms with Crippen molar-refractivity contribution in [3.63, 3.8) is 0 Å². The van der Waals surface area contributed by atoms with Crippen molar-refractivity contribution in [1.82, 2.24) is 15.7 Å². The fraction of sp³-hybridized carbons (Fsp3) is 0.833. The molecule has 2 N–H and O–H groups in total. The molecule has 19 heavy (non-hydrogen) atoms. The molecule has 0 aliphatic carbocycles. The van der Waals surface area contributed by atoms with Gasteiger partial charge in [0.05, 0.1) is 0 Å². The Morgan fingerprint density at radius 1 is 1.37 bits per heavy atom. The van der Waals surface area contributed by atoms with Gasteiger partial charge in [0.25, 0.3) is 0 Å². The van der Waals surface area contributed by atoms with E-state index in [2.05, 4.69) is 15.6 Å².